The van der Waals surface area contributed by atoms with E-state index in [0.29, 0.717) is 30.0 Å². The molecule has 0 radical (unpaired) electrons. The van der Waals surface area contributed by atoms with Gasteiger partial charge in [-0.25, -0.2) is 9.97 Å². The van der Waals surface area contributed by atoms with E-state index in [1.807, 2.05) is 55.5 Å². The fourth-order valence-corrected chi connectivity index (χ4v) is 2.76. The van der Waals surface area contributed by atoms with Crippen molar-refractivity contribution in [2.45, 2.75) is 20.3 Å². The van der Waals surface area contributed by atoms with Gasteiger partial charge in [0, 0.05) is 23.7 Å². The van der Waals surface area contributed by atoms with E-state index in [1.165, 1.54) is 0 Å². The maximum Gasteiger partial charge on any atom is 0.256 e. The van der Waals surface area contributed by atoms with Crippen LogP contribution in [-0.4, -0.2) is 33.9 Å². The first-order chi connectivity index (χ1) is 12.7. The lowest BCUT2D eigenvalue weighted by atomic mass is 10.1. The highest BCUT2D eigenvalue weighted by molar-refractivity contribution is 5.98. The van der Waals surface area contributed by atoms with Crippen molar-refractivity contribution in [1.82, 2.24) is 14.9 Å². The predicted molar refractivity (Wildman–Crippen MR) is 104 cm³/mol. The molecule has 26 heavy (non-hydrogen) atoms. The Labute approximate surface area is 153 Å². The van der Waals surface area contributed by atoms with Gasteiger partial charge in [-0.3, -0.25) is 4.79 Å². The molecule has 0 saturated heterocycles. The molecule has 0 bridgehead atoms. The van der Waals surface area contributed by atoms with Crippen molar-refractivity contribution < 1.29 is 4.79 Å². The molecule has 0 aliphatic heterocycles. The fraction of sp³-hybridized carbons (Fsp3) is 0.227. The first-order valence-corrected chi connectivity index (χ1v) is 8.74. The Hall–Kier alpha value is -3.19. The topological polar surface area (TPSA) is 46.1 Å². The minimum atomic E-state index is -0.0371. The summed E-state index contributed by atoms with van der Waals surface area (Å²) in [5, 5.41) is 0.869. The van der Waals surface area contributed by atoms with Gasteiger partial charge in [-0.2, -0.15) is 0 Å². The van der Waals surface area contributed by atoms with Gasteiger partial charge in [0.25, 0.3) is 5.91 Å². The van der Waals surface area contributed by atoms with E-state index < -0.39 is 0 Å². The van der Waals surface area contributed by atoms with Crippen molar-refractivity contribution >= 4 is 16.9 Å². The summed E-state index contributed by atoms with van der Waals surface area (Å²) in [5.74, 6) is 6.19. The maximum atomic E-state index is 13.0. The van der Waals surface area contributed by atoms with Crippen LogP contribution >= 0.6 is 0 Å². The predicted octanol–water partition coefficient (Wildman–Crippen LogP) is 3.84. The first-order valence-electron chi connectivity index (χ1n) is 8.74. The summed E-state index contributed by atoms with van der Waals surface area (Å²) in [7, 11) is 0. The summed E-state index contributed by atoms with van der Waals surface area (Å²) in [6, 6.07) is 15.4. The molecule has 0 fully saturated rings. The van der Waals surface area contributed by atoms with Crippen LogP contribution in [0.15, 0.2) is 54.7 Å². The van der Waals surface area contributed by atoms with Crippen LogP contribution in [0.1, 0.15) is 35.0 Å². The minimum absolute atomic E-state index is 0.0371. The lowest BCUT2D eigenvalue weighted by Gasteiger charge is -2.20. The third-order valence-corrected chi connectivity index (χ3v) is 4.07. The lowest BCUT2D eigenvalue weighted by Crippen LogP contribution is -2.32. The number of carbonyl (C=O) groups excluding carboxylic acids is 1. The van der Waals surface area contributed by atoms with Gasteiger partial charge >= 0.3 is 0 Å². The van der Waals surface area contributed by atoms with Crippen molar-refractivity contribution in [3.8, 4) is 11.8 Å². The third-order valence-electron chi connectivity index (χ3n) is 4.07. The van der Waals surface area contributed by atoms with Crippen LogP contribution in [-0.2, 0) is 0 Å². The monoisotopic (exact) mass is 343 g/mol. The van der Waals surface area contributed by atoms with Crippen LogP contribution < -0.4 is 0 Å². The second-order valence-corrected chi connectivity index (χ2v) is 6.07. The fourth-order valence-electron chi connectivity index (χ4n) is 2.76. The van der Waals surface area contributed by atoms with Crippen LogP contribution in [0.25, 0.3) is 11.0 Å². The van der Waals surface area contributed by atoms with Gasteiger partial charge in [0.1, 0.15) is 0 Å². The number of benzene rings is 1. The molecule has 3 aromatic rings. The zero-order chi connectivity index (χ0) is 18.4. The molecule has 2 aromatic heterocycles. The molecule has 0 aliphatic rings. The Kier molecular flexibility index (Phi) is 5.60. The van der Waals surface area contributed by atoms with Crippen molar-refractivity contribution in [1.29, 1.82) is 0 Å². The van der Waals surface area contributed by atoms with Crippen LogP contribution in [0.4, 0.5) is 0 Å². The van der Waals surface area contributed by atoms with Gasteiger partial charge in [-0.05, 0) is 43.7 Å². The molecule has 2 heterocycles. The number of pyridine rings is 2. The number of rotatable bonds is 4. The maximum absolute atomic E-state index is 13.0. The van der Waals surface area contributed by atoms with E-state index >= 15 is 0 Å². The molecule has 0 aliphatic carbocycles. The number of nitrogens with zero attached hydrogens (tertiary/aromatic N) is 3. The number of amides is 1. The highest BCUT2D eigenvalue weighted by atomic mass is 16.2. The van der Waals surface area contributed by atoms with Gasteiger partial charge in [0.15, 0.2) is 5.65 Å². The van der Waals surface area contributed by atoms with E-state index in [9.17, 15) is 4.79 Å². The summed E-state index contributed by atoms with van der Waals surface area (Å²) < 4.78 is 0. The van der Waals surface area contributed by atoms with Crippen molar-refractivity contribution in [2.75, 3.05) is 13.1 Å². The number of hydrogen-bond donors (Lipinski definition) is 0. The average Bonchev–Trinajstić information content (AvgIpc) is 2.67. The van der Waals surface area contributed by atoms with Crippen LogP contribution in [0, 0.1) is 18.8 Å². The number of aryl methyl sites for hydroxylation is 1. The van der Waals surface area contributed by atoms with Crippen molar-refractivity contribution in [3.05, 3.63) is 71.5 Å². The van der Waals surface area contributed by atoms with Crippen molar-refractivity contribution in [2.24, 2.45) is 0 Å². The van der Waals surface area contributed by atoms with Crippen LogP contribution in [0.2, 0.25) is 0 Å². The summed E-state index contributed by atoms with van der Waals surface area (Å²) in [6.45, 7) is 4.96. The standard InChI is InChI=1S/C22H21N3O/c1-3-14-25(15-8-11-18-9-5-4-6-10-18)22(26)20-16-19-12-7-13-23-21(19)24-17(20)2/h4-7,9-10,12-13,16H,3,14-15H2,1-2H3. The molecule has 0 unspecified atom stereocenters. The molecule has 0 N–H and O–H groups in total. The molecule has 1 amide bonds. The summed E-state index contributed by atoms with van der Waals surface area (Å²) in [5.41, 5.74) is 2.91. The first kappa shape index (κ1) is 17.6. The van der Waals surface area contributed by atoms with Crippen molar-refractivity contribution in [3.63, 3.8) is 0 Å². The molecule has 0 atom stereocenters. The third kappa shape index (κ3) is 4.07. The van der Waals surface area contributed by atoms with Gasteiger partial charge in [0.05, 0.1) is 17.8 Å². The SMILES string of the molecule is CCCN(CC#Cc1ccccc1)C(=O)c1cc2cccnc2nc1C. The second kappa shape index (κ2) is 8.26. The van der Waals surface area contributed by atoms with E-state index in [2.05, 4.69) is 28.7 Å². The smallest absolute Gasteiger partial charge is 0.256 e. The summed E-state index contributed by atoms with van der Waals surface area (Å²) >= 11 is 0. The molecule has 0 saturated carbocycles. The largest absolute Gasteiger partial charge is 0.327 e. The Bertz CT molecular complexity index is 971. The Morgan fingerprint density at radius 3 is 2.73 bits per heavy atom. The van der Waals surface area contributed by atoms with E-state index in [-0.39, 0.29) is 5.91 Å². The number of aromatic nitrogens is 2. The Morgan fingerprint density at radius 1 is 1.15 bits per heavy atom. The number of fused-ring (bicyclic) bond motifs is 1. The zero-order valence-electron chi connectivity index (χ0n) is 15.1. The average molecular weight is 343 g/mol. The van der Waals surface area contributed by atoms with Gasteiger partial charge in [0.2, 0.25) is 0 Å². The highest BCUT2D eigenvalue weighted by Crippen LogP contribution is 2.16. The lowest BCUT2D eigenvalue weighted by molar-refractivity contribution is 0.0776. The summed E-state index contributed by atoms with van der Waals surface area (Å²) in [4.78, 5) is 23.5. The molecule has 3 rings (SSSR count). The van der Waals surface area contributed by atoms with Crippen LogP contribution in [0.5, 0.6) is 0 Å². The molecule has 0 spiro atoms. The minimum Gasteiger partial charge on any atom is -0.327 e. The Morgan fingerprint density at radius 2 is 1.96 bits per heavy atom. The molecular formula is C22H21N3O. The van der Waals surface area contributed by atoms with E-state index in [0.717, 1.165) is 17.4 Å². The molecular weight excluding hydrogens is 322 g/mol. The molecule has 4 heteroatoms. The van der Waals surface area contributed by atoms with Gasteiger partial charge in [-0.1, -0.05) is 37.0 Å². The van der Waals surface area contributed by atoms with Gasteiger partial charge < -0.3 is 4.90 Å². The molecule has 130 valence electrons. The second-order valence-electron chi connectivity index (χ2n) is 6.07. The number of carbonyl (C=O) groups is 1. The normalized spacial score (nSPS) is 10.2. The highest BCUT2D eigenvalue weighted by Gasteiger charge is 2.18. The van der Waals surface area contributed by atoms with E-state index in [4.69, 9.17) is 0 Å². The van der Waals surface area contributed by atoms with Gasteiger partial charge in [-0.15, -0.1) is 0 Å². The van der Waals surface area contributed by atoms with Crippen LogP contribution in [0.3, 0.4) is 0 Å². The molecule has 4 nitrogen and oxygen atoms in total. The number of hydrogen-bond acceptors (Lipinski definition) is 3. The zero-order valence-corrected chi connectivity index (χ0v) is 15.1. The molecule has 1 aromatic carbocycles. The quantitative estimate of drug-likeness (QED) is 0.676. The van der Waals surface area contributed by atoms with E-state index in [1.54, 1.807) is 11.1 Å². The Balaban J connectivity index is 1.85. The summed E-state index contributed by atoms with van der Waals surface area (Å²) in [6.07, 6.45) is 2.58.